The summed E-state index contributed by atoms with van der Waals surface area (Å²) in [5.41, 5.74) is 13.4. The normalized spacial score (nSPS) is 24.8. The van der Waals surface area contributed by atoms with Crippen molar-refractivity contribution in [2.75, 3.05) is 12.3 Å². The number of hydrogen-bond donors (Lipinski definition) is 3. The highest BCUT2D eigenvalue weighted by atomic mass is 16.6. The average molecular weight is 349 g/mol. The third-order valence-electron chi connectivity index (χ3n) is 4.42. The van der Waals surface area contributed by atoms with Gasteiger partial charge in [-0.05, 0) is 12.0 Å². The predicted molar refractivity (Wildman–Crippen MR) is 90.2 cm³/mol. The zero-order valence-corrected chi connectivity index (χ0v) is 14.2. The number of nitrogen functional groups attached to an aromatic ring is 1. The molecule has 9 nitrogen and oxygen atoms in total. The summed E-state index contributed by atoms with van der Waals surface area (Å²) >= 11 is 0. The number of ether oxygens (including phenoxy) is 2. The molecule has 136 valence electrons. The molecule has 0 saturated carbocycles. The highest BCUT2D eigenvalue weighted by Gasteiger charge is 2.40. The minimum absolute atomic E-state index is 0.0389. The lowest BCUT2D eigenvalue weighted by Gasteiger charge is -2.20. The number of pyridine rings is 1. The molecule has 0 unspecified atom stereocenters. The van der Waals surface area contributed by atoms with Gasteiger partial charge in [0, 0.05) is 12.6 Å². The van der Waals surface area contributed by atoms with E-state index in [1.54, 1.807) is 23.2 Å². The van der Waals surface area contributed by atoms with Crippen molar-refractivity contribution in [3.05, 3.63) is 18.6 Å². The van der Waals surface area contributed by atoms with Gasteiger partial charge in [-0.3, -0.25) is 9.36 Å². The quantitative estimate of drug-likeness (QED) is 0.650. The Morgan fingerprint density at radius 3 is 2.96 bits per heavy atom. The number of aromatic nitrogens is 3. The third-order valence-corrected chi connectivity index (χ3v) is 4.42. The van der Waals surface area contributed by atoms with Crippen molar-refractivity contribution < 1.29 is 19.4 Å². The smallest absolute Gasteiger partial charge is 0.323 e. The summed E-state index contributed by atoms with van der Waals surface area (Å²) in [4.78, 5) is 20.7. The van der Waals surface area contributed by atoms with Crippen LogP contribution in [0.3, 0.4) is 0 Å². The lowest BCUT2D eigenvalue weighted by molar-refractivity contribution is -0.155. The fraction of sp³-hybridized carbons (Fsp3) is 0.562. The second kappa shape index (κ2) is 6.95. The van der Waals surface area contributed by atoms with Crippen molar-refractivity contribution >= 4 is 22.8 Å². The minimum atomic E-state index is -0.714. The van der Waals surface area contributed by atoms with Crippen LogP contribution in [0.5, 0.6) is 0 Å². The van der Waals surface area contributed by atoms with E-state index < -0.39 is 30.4 Å². The molecule has 0 amide bonds. The molecule has 1 fully saturated rings. The van der Waals surface area contributed by atoms with Crippen LogP contribution in [0.1, 0.15) is 26.5 Å². The van der Waals surface area contributed by atoms with Gasteiger partial charge in [0.15, 0.2) is 5.65 Å². The molecule has 1 aliphatic rings. The lowest BCUT2D eigenvalue weighted by Crippen LogP contribution is -2.41. The van der Waals surface area contributed by atoms with E-state index in [4.69, 9.17) is 20.9 Å². The molecule has 3 rings (SSSR count). The van der Waals surface area contributed by atoms with Crippen LogP contribution in [0.4, 0.5) is 5.69 Å². The molecule has 4 atom stereocenters. The number of nitrogens with zero attached hydrogens (tertiary/aromatic N) is 3. The number of nitrogens with two attached hydrogens (primary N) is 2. The number of fused-ring (bicyclic) bond motifs is 1. The molecule has 0 spiro atoms. The summed E-state index contributed by atoms with van der Waals surface area (Å²) in [6.07, 6.45) is 1.84. The number of carbonyl (C=O) groups is 1. The SMILES string of the molecule is CC(C)[C@H](N)C(=O)O[C@@H]1C[C@H](n2cnc3c(N)ccnc32)O[C@@H]1CO. The second-order valence-electron chi connectivity index (χ2n) is 6.52. The van der Waals surface area contributed by atoms with Crippen LogP contribution < -0.4 is 11.5 Å². The van der Waals surface area contributed by atoms with Crippen LogP contribution in [0.15, 0.2) is 18.6 Å². The van der Waals surface area contributed by atoms with E-state index in [-0.39, 0.29) is 12.5 Å². The minimum Gasteiger partial charge on any atom is -0.458 e. The number of carbonyl (C=O) groups excluding carboxylic acids is 1. The van der Waals surface area contributed by atoms with E-state index in [9.17, 15) is 9.90 Å². The van der Waals surface area contributed by atoms with E-state index in [2.05, 4.69) is 9.97 Å². The van der Waals surface area contributed by atoms with Gasteiger partial charge in [0.05, 0.1) is 18.6 Å². The van der Waals surface area contributed by atoms with E-state index in [0.29, 0.717) is 23.3 Å². The Kier molecular flexibility index (Phi) is 4.89. The molecule has 1 saturated heterocycles. The first-order chi connectivity index (χ1) is 11.9. The van der Waals surface area contributed by atoms with Crippen molar-refractivity contribution in [3.63, 3.8) is 0 Å². The first kappa shape index (κ1) is 17.6. The van der Waals surface area contributed by atoms with Gasteiger partial charge < -0.3 is 26.0 Å². The molecule has 1 aliphatic heterocycles. The van der Waals surface area contributed by atoms with Gasteiger partial charge in [-0.15, -0.1) is 0 Å². The third kappa shape index (κ3) is 3.30. The van der Waals surface area contributed by atoms with Crippen molar-refractivity contribution in [1.29, 1.82) is 0 Å². The highest BCUT2D eigenvalue weighted by molar-refractivity contribution is 5.83. The molecular formula is C16H23N5O4. The van der Waals surface area contributed by atoms with Crippen LogP contribution in [0, 0.1) is 5.92 Å². The number of anilines is 1. The summed E-state index contributed by atoms with van der Waals surface area (Å²) in [6.45, 7) is 3.42. The summed E-state index contributed by atoms with van der Waals surface area (Å²) in [5, 5.41) is 9.56. The topological polar surface area (TPSA) is 139 Å². The van der Waals surface area contributed by atoms with E-state index >= 15 is 0 Å². The van der Waals surface area contributed by atoms with Gasteiger partial charge in [-0.1, -0.05) is 13.8 Å². The maximum Gasteiger partial charge on any atom is 0.323 e. The van der Waals surface area contributed by atoms with E-state index in [0.717, 1.165) is 0 Å². The number of esters is 1. The number of imidazole rings is 1. The molecule has 0 aliphatic carbocycles. The largest absolute Gasteiger partial charge is 0.458 e. The van der Waals surface area contributed by atoms with Crippen molar-refractivity contribution in [1.82, 2.24) is 14.5 Å². The molecule has 9 heteroatoms. The molecule has 0 aromatic carbocycles. The second-order valence-corrected chi connectivity index (χ2v) is 6.52. The molecule has 2 aromatic heterocycles. The summed E-state index contributed by atoms with van der Waals surface area (Å²) in [6, 6.07) is 0.956. The Balaban J connectivity index is 1.79. The van der Waals surface area contributed by atoms with Crippen LogP contribution >= 0.6 is 0 Å². The van der Waals surface area contributed by atoms with E-state index in [1.807, 2.05) is 13.8 Å². The fourth-order valence-corrected chi connectivity index (χ4v) is 2.82. The van der Waals surface area contributed by atoms with Crippen LogP contribution in [0.2, 0.25) is 0 Å². The fourth-order valence-electron chi connectivity index (χ4n) is 2.82. The zero-order chi connectivity index (χ0) is 18.1. The number of aliphatic hydroxyl groups excluding tert-OH is 1. The van der Waals surface area contributed by atoms with Gasteiger partial charge in [-0.25, -0.2) is 9.97 Å². The van der Waals surface area contributed by atoms with Gasteiger partial charge in [-0.2, -0.15) is 0 Å². The first-order valence-corrected chi connectivity index (χ1v) is 8.21. The predicted octanol–water partition coefficient (Wildman–Crippen LogP) is 0.188. The Morgan fingerprint density at radius 2 is 2.28 bits per heavy atom. The van der Waals surface area contributed by atoms with Crippen molar-refractivity contribution in [2.24, 2.45) is 11.7 Å². The monoisotopic (exact) mass is 349 g/mol. The molecule has 0 bridgehead atoms. The molecule has 3 heterocycles. The van der Waals surface area contributed by atoms with Gasteiger partial charge >= 0.3 is 5.97 Å². The molecular weight excluding hydrogens is 326 g/mol. The van der Waals surface area contributed by atoms with Crippen LogP contribution in [0.25, 0.3) is 11.2 Å². The lowest BCUT2D eigenvalue weighted by atomic mass is 10.1. The molecule has 2 aromatic rings. The Labute approximate surface area is 144 Å². The van der Waals surface area contributed by atoms with E-state index in [1.165, 1.54) is 0 Å². The van der Waals surface area contributed by atoms with Crippen LogP contribution in [-0.2, 0) is 14.3 Å². The van der Waals surface area contributed by atoms with Gasteiger partial charge in [0.1, 0.15) is 30.0 Å². The summed E-state index contributed by atoms with van der Waals surface area (Å²) < 4.78 is 13.0. The van der Waals surface area contributed by atoms with Crippen molar-refractivity contribution in [2.45, 2.75) is 44.7 Å². The maximum absolute atomic E-state index is 12.1. The number of hydrogen-bond acceptors (Lipinski definition) is 8. The Morgan fingerprint density at radius 1 is 1.52 bits per heavy atom. The van der Waals surface area contributed by atoms with Gasteiger partial charge in [0.2, 0.25) is 0 Å². The molecule has 5 N–H and O–H groups in total. The Bertz CT molecular complexity index is 762. The molecule has 25 heavy (non-hydrogen) atoms. The molecule has 0 radical (unpaired) electrons. The summed E-state index contributed by atoms with van der Waals surface area (Å²) in [5.74, 6) is -0.538. The number of aliphatic hydroxyl groups is 1. The maximum atomic E-state index is 12.1. The zero-order valence-electron chi connectivity index (χ0n) is 14.2. The van der Waals surface area contributed by atoms with Crippen molar-refractivity contribution in [3.8, 4) is 0 Å². The Hall–Kier alpha value is -2.23. The summed E-state index contributed by atoms with van der Waals surface area (Å²) in [7, 11) is 0. The van der Waals surface area contributed by atoms with Crippen LogP contribution in [-0.4, -0.2) is 50.5 Å². The average Bonchev–Trinajstić information content (AvgIpc) is 3.18. The highest BCUT2D eigenvalue weighted by Crippen LogP contribution is 2.33. The first-order valence-electron chi connectivity index (χ1n) is 8.21. The number of rotatable bonds is 5. The standard InChI is InChI=1S/C16H23N5O4/c1-8(2)13(18)16(23)25-10-5-12(24-11(10)6-22)21-7-20-14-9(17)3-4-19-15(14)21/h3-4,7-8,10-13,22H,5-6,18H2,1-2H3,(H2,17,19)/t10-,11-,12-,13+/m1/s1. The van der Waals surface area contributed by atoms with Gasteiger partial charge in [0.25, 0.3) is 0 Å².